The predicted octanol–water partition coefficient (Wildman–Crippen LogP) is 5.83. The molecule has 0 radical (unpaired) electrons. The summed E-state index contributed by atoms with van der Waals surface area (Å²) in [5.74, 6) is 0.192. The fourth-order valence-corrected chi connectivity index (χ4v) is 3.59. The summed E-state index contributed by atoms with van der Waals surface area (Å²) < 4.78 is 28.5. The Bertz CT molecular complexity index is 312. The molecule has 0 saturated heterocycles. The molecular weight excluding hydrogens is 296 g/mol. The maximum Gasteiger partial charge on any atom is 0.267 e. The average Bonchev–Trinajstić information content (AvgIpc) is 2.49. The summed E-state index contributed by atoms with van der Waals surface area (Å²) in [7, 11) is -3.28. The number of hydrogen-bond donors (Lipinski definition) is 0. The monoisotopic (exact) mass is 334 g/mol. The van der Waals surface area contributed by atoms with E-state index in [1.54, 1.807) is 0 Å². The molecule has 0 rings (SSSR count). The Morgan fingerprint density at radius 1 is 0.591 bits per heavy atom. The quantitative estimate of drug-likeness (QED) is 0.248. The van der Waals surface area contributed by atoms with Crippen LogP contribution in [0.15, 0.2) is 0 Å². The van der Waals surface area contributed by atoms with Crippen LogP contribution in [0.25, 0.3) is 0 Å². The molecule has 0 atom stereocenters. The van der Waals surface area contributed by atoms with Crippen LogP contribution in [0.5, 0.6) is 0 Å². The van der Waals surface area contributed by atoms with Gasteiger partial charge >= 0.3 is 0 Å². The summed E-state index contributed by atoms with van der Waals surface area (Å²) in [6.45, 7) is 4.78. The minimum absolute atomic E-state index is 0.192. The molecule has 0 aliphatic heterocycles. The predicted molar refractivity (Wildman–Crippen MR) is 95.7 cm³/mol. The molecule has 0 aromatic heterocycles. The van der Waals surface area contributed by atoms with E-state index in [1.165, 1.54) is 57.8 Å². The Labute approximate surface area is 139 Å². The third kappa shape index (κ3) is 16.3. The van der Waals surface area contributed by atoms with E-state index in [0.29, 0.717) is 6.61 Å². The van der Waals surface area contributed by atoms with Crippen LogP contribution in [0.4, 0.5) is 0 Å². The summed E-state index contributed by atoms with van der Waals surface area (Å²) in [6.07, 6.45) is 16.2. The molecule has 3 nitrogen and oxygen atoms in total. The van der Waals surface area contributed by atoms with Crippen molar-refractivity contribution in [3.63, 3.8) is 0 Å². The molecule has 0 unspecified atom stereocenters. The van der Waals surface area contributed by atoms with Gasteiger partial charge in [-0.3, -0.25) is 4.18 Å². The topological polar surface area (TPSA) is 43.4 Å². The van der Waals surface area contributed by atoms with Crippen LogP contribution in [0, 0.1) is 0 Å². The van der Waals surface area contributed by atoms with Crippen LogP contribution in [0.2, 0.25) is 0 Å². The standard InChI is InChI=1S/C18H38O3S/c1-3-5-7-9-11-12-14-16-18-22(19,20)21-17-15-13-10-8-6-4-2/h3-18H2,1-2H3. The summed E-state index contributed by atoms with van der Waals surface area (Å²) in [5.41, 5.74) is 0. The average molecular weight is 335 g/mol. The highest BCUT2D eigenvalue weighted by atomic mass is 32.2. The molecular formula is C18H38O3S. The third-order valence-electron chi connectivity index (χ3n) is 4.01. The summed E-state index contributed by atoms with van der Waals surface area (Å²) in [6, 6.07) is 0. The molecule has 0 heterocycles. The first kappa shape index (κ1) is 21.9. The summed E-state index contributed by atoms with van der Waals surface area (Å²) >= 11 is 0. The summed E-state index contributed by atoms with van der Waals surface area (Å²) in [4.78, 5) is 0. The molecule has 4 heteroatoms. The van der Waals surface area contributed by atoms with Gasteiger partial charge in [0.1, 0.15) is 0 Å². The fourth-order valence-electron chi connectivity index (χ4n) is 2.54. The van der Waals surface area contributed by atoms with E-state index in [4.69, 9.17) is 4.18 Å². The van der Waals surface area contributed by atoms with Crippen molar-refractivity contribution in [3.8, 4) is 0 Å². The van der Waals surface area contributed by atoms with Crippen molar-refractivity contribution in [1.82, 2.24) is 0 Å². The van der Waals surface area contributed by atoms with Gasteiger partial charge in [-0.1, -0.05) is 90.9 Å². The zero-order valence-corrected chi connectivity index (χ0v) is 15.8. The van der Waals surface area contributed by atoms with Crippen LogP contribution in [-0.2, 0) is 14.3 Å². The number of rotatable bonds is 17. The normalized spacial score (nSPS) is 11.9. The van der Waals surface area contributed by atoms with Gasteiger partial charge in [0.25, 0.3) is 10.1 Å². The Hall–Kier alpha value is -0.0900. The molecule has 22 heavy (non-hydrogen) atoms. The maximum atomic E-state index is 11.7. The van der Waals surface area contributed by atoms with Crippen LogP contribution < -0.4 is 0 Å². The molecule has 0 saturated carbocycles. The molecule has 0 aromatic rings. The van der Waals surface area contributed by atoms with Crippen LogP contribution in [-0.4, -0.2) is 20.8 Å². The van der Waals surface area contributed by atoms with Crippen LogP contribution >= 0.6 is 0 Å². The smallest absolute Gasteiger partial charge is 0.267 e. The van der Waals surface area contributed by atoms with Gasteiger partial charge in [0.15, 0.2) is 0 Å². The minimum atomic E-state index is -3.28. The fraction of sp³-hybridized carbons (Fsp3) is 1.00. The van der Waals surface area contributed by atoms with Gasteiger partial charge in [-0.2, -0.15) is 8.42 Å². The van der Waals surface area contributed by atoms with Gasteiger partial charge in [-0.15, -0.1) is 0 Å². The minimum Gasteiger partial charge on any atom is -0.270 e. The first-order chi connectivity index (χ1) is 10.6. The van der Waals surface area contributed by atoms with E-state index in [1.807, 2.05) is 0 Å². The molecule has 0 N–H and O–H groups in total. The van der Waals surface area contributed by atoms with Crippen molar-refractivity contribution in [2.45, 2.75) is 104 Å². The van der Waals surface area contributed by atoms with Gasteiger partial charge in [0.2, 0.25) is 0 Å². The van der Waals surface area contributed by atoms with Gasteiger partial charge in [-0.05, 0) is 12.8 Å². The lowest BCUT2D eigenvalue weighted by atomic mass is 10.1. The highest BCUT2D eigenvalue weighted by Gasteiger charge is 2.10. The lowest BCUT2D eigenvalue weighted by Crippen LogP contribution is -2.11. The SMILES string of the molecule is CCCCCCCCCCS(=O)(=O)OCCCCCCCC. The second-order valence-corrected chi connectivity index (χ2v) is 8.09. The Balaban J connectivity index is 3.38. The van der Waals surface area contributed by atoms with Crippen molar-refractivity contribution in [2.75, 3.05) is 12.4 Å². The van der Waals surface area contributed by atoms with E-state index < -0.39 is 10.1 Å². The number of unbranched alkanes of at least 4 members (excludes halogenated alkanes) is 12. The molecule has 134 valence electrons. The lowest BCUT2D eigenvalue weighted by molar-refractivity contribution is 0.305. The van der Waals surface area contributed by atoms with Crippen molar-refractivity contribution in [2.24, 2.45) is 0 Å². The second kappa shape index (κ2) is 15.8. The zero-order valence-electron chi connectivity index (χ0n) is 14.9. The second-order valence-electron chi connectivity index (χ2n) is 6.33. The van der Waals surface area contributed by atoms with Crippen molar-refractivity contribution in [3.05, 3.63) is 0 Å². The Kier molecular flexibility index (Phi) is 15.7. The van der Waals surface area contributed by atoms with E-state index in [-0.39, 0.29) is 5.75 Å². The summed E-state index contributed by atoms with van der Waals surface area (Å²) in [5, 5.41) is 0. The van der Waals surface area contributed by atoms with Crippen LogP contribution in [0.3, 0.4) is 0 Å². The first-order valence-electron chi connectivity index (χ1n) is 9.49. The lowest BCUT2D eigenvalue weighted by Gasteiger charge is -2.06. The largest absolute Gasteiger partial charge is 0.270 e. The van der Waals surface area contributed by atoms with E-state index >= 15 is 0 Å². The van der Waals surface area contributed by atoms with E-state index in [0.717, 1.165) is 32.1 Å². The molecule has 0 aromatic carbocycles. The van der Waals surface area contributed by atoms with Crippen LogP contribution in [0.1, 0.15) is 104 Å². The third-order valence-corrected chi connectivity index (χ3v) is 5.32. The van der Waals surface area contributed by atoms with Crippen molar-refractivity contribution in [1.29, 1.82) is 0 Å². The van der Waals surface area contributed by atoms with E-state index in [9.17, 15) is 8.42 Å². The molecule has 0 spiro atoms. The molecule has 0 aliphatic rings. The molecule has 0 aliphatic carbocycles. The van der Waals surface area contributed by atoms with Gasteiger partial charge in [0.05, 0.1) is 12.4 Å². The highest BCUT2D eigenvalue weighted by Crippen LogP contribution is 2.10. The first-order valence-corrected chi connectivity index (χ1v) is 11.1. The molecule has 0 fully saturated rings. The maximum absolute atomic E-state index is 11.7. The number of hydrogen-bond acceptors (Lipinski definition) is 3. The van der Waals surface area contributed by atoms with E-state index in [2.05, 4.69) is 13.8 Å². The zero-order chi connectivity index (χ0) is 16.5. The van der Waals surface area contributed by atoms with Crippen molar-refractivity contribution >= 4 is 10.1 Å². The van der Waals surface area contributed by atoms with Gasteiger partial charge < -0.3 is 0 Å². The Morgan fingerprint density at radius 2 is 1.00 bits per heavy atom. The molecule has 0 amide bonds. The highest BCUT2D eigenvalue weighted by molar-refractivity contribution is 7.86. The van der Waals surface area contributed by atoms with Gasteiger partial charge in [0, 0.05) is 0 Å². The van der Waals surface area contributed by atoms with Gasteiger partial charge in [-0.25, -0.2) is 0 Å². The van der Waals surface area contributed by atoms with Crippen molar-refractivity contribution < 1.29 is 12.6 Å². The molecule has 0 bridgehead atoms. The Morgan fingerprint density at radius 3 is 1.50 bits per heavy atom.